The molecule has 5 heteroatoms. The van der Waals surface area contributed by atoms with Crippen LogP contribution in [0.2, 0.25) is 0 Å². The highest BCUT2D eigenvalue weighted by molar-refractivity contribution is 7.10. The van der Waals surface area contributed by atoms with E-state index in [9.17, 15) is 0 Å². The van der Waals surface area contributed by atoms with Gasteiger partial charge >= 0.3 is 0 Å². The van der Waals surface area contributed by atoms with Gasteiger partial charge in [0.05, 0.1) is 11.6 Å². The molecule has 0 saturated heterocycles. The third-order valence-electron chi connectivity index (χ3n) is 2.35. The molecule has 0 aliphatic rings. The Hall–Kier alpha value is -0.780. The van der Waals surface area contributed by atoms with Gasteiger partial charge in [0.2, 0.25) is 0 Å². The summed E-state index contributed by atoms with van der Waals surface area (Å²) in [6.07, 6.45) is 2.98. The number of aromatic nitrogens is 2. The Balaban J connectivity index is 1.96. The smallest absolute Gasteiger partial charge is 0.110 e. The van der Waals surface area contributed by atoms with Crippen LogP contribution < -0.4 is 5.32 Å². The quantitative estimate of drug-likeness (QED) is 0.889. The lowest BCUT2D eigenvalue weighted by Gasteiger charge is -2.13. The molecular weight excluding hydrogens is 238 g/mol. The summed E-state index contributed by atoms with van der Waals surface area (Å²) in [5.74, 6) is 0. The minimum Gasteiger partial charge on any atom is -0.303 e. The van der Waals surface area contributed by atoms with Gasteiger partial charge in [-0.1, -0.05) is 6.92 Å². The number of thiazole rings is 2. The molecule has 1 N–H and O–H groups in total. The Morgan fingerprint density at radius 1 is 1.44 bits per heavy atom. The van der Waals surface area contributed by atoms with Gasteiger partial charge in [-0.05, 0) is 13.3 Å². The Morgan fingerprint density at radius 3 is 2.88 bits per heavy atom. The number of nitrogens with one attached hydrogen (secondary N) is 1. The van der Waals surface area contributed by atoms with Crippen molar-refractivity contribution in [1.82, 2.24) is 15.3 Å². The molecule has 0 radical (unpaired) electrons. The van der Waals surface area contributed by atoms with Crippen molar-refractivity contribution >= 4 is 22.7 Å². The summed E-state index contributed by atoms with van der Waals surface area (Å²) < 4.78 is 0. The first-order valence-electron chi connectivity index (χ1n) is 5.32. The van der Waals surface area contributed by atoms with E-state index in [-0.39, 0.29) is 0 Å². The van der Waals surface area contributed by atoms with Gasteiger partial charge in [-0.15, -0.1) is 22.7 Å². The predicted molar refractivity (Wildman–Crippen MR) is 68.8 cm³/mol. The van der Waals surface area contributed by atoms with Crippen LogP contribution in [0.4, 0.5) is 0 Å². The summed E-state index contributed by atoms with van der Waals surface area (Å²) in [6, 6.07) is 0.362. The van der Waals surface area contributed by atoms with Crippen LogP contribution in [-0.2, 0) is 6.54 Å². The molecule has 2 heterocycles. The van der Waals surface area contributed by atoms with Crippen LogP contribution >= 0.6 is 22.7 Å². The molecule has 1 atom stereocenters. The van der Waals surface area contributed by atoms with Gasteiger partial charge in [-0.2, -0.15) is 0 Å². The highest BCUT2D eigenvalue weighted by Crippen LogP contribution is 2.21. The van der Waals surface area contributed by atoms with E-state index >= 15 is 0 Å². The number of hydrogen-bond acceptors (Lipinski definition) is 5. The lowest BCUT2D eigenvalue weighted by Crippen LogP contribution is -2.19. The highest BCUT2D eigenvalue weighted by atomic mass is 32.1. The van der Waals surface area contributed by atoms with E-state index in [2.05, 4.69) is 27.6 Å². The molecule has 0 saturated carbocycles. The van der Waals surface area contributed by atoms with E-state index in [0.29, 0.717) is 6.04 Å². The summed E-state index contributed by atoms with van der Waals surface area (Å²) in [6.45, 7) is 5.10. The van der Waals surface area contributed by atoms with Crippen LogP contribution in [0.3, 0.4) is 0 Å². The van der Waals surface area contributed by atoms with Gasteiger partial charge in [0.1, 0.15) is 5.01 Å². The Labute approximate surface area is 104 Å². The molecule has 0 aliphatic carbocycles. The van der Waals surface area contributed by atoms with Gasteiger partial charge in [0.15, 0.2) is 0 Å². The van der Waals surface area contributed by atoms with Gasteiger partial charge in [0, 0.05) is 28.7 Å². The molecule has 0 spiro atoms. The van der Waals surface area contributed by atoms with Crippen molar-refractivity contribution in [2.75, 3.05) is 0 Å². The van der Waals surface area contributed by atoms with E-state index in [4.69, 9.17) is 0 Å². The monoisotopic (exact) mass is 253 g/mol. The Morgan fingerprint density at radius 2 is 2.31 bits per heavy atom. The maximum atomic E-state index is 4.53. The minimum absolute atomic E-state index is 0.362. The van der Waals surface area contributed by atoms with Crippen LogP contribution in [0.1, 0.15) is 35.0 Å². The lowest BCUT2D eigenvalue weighted by atomic mass is 10.2. The zero-order valence-corrected chi connectivity index (χ0v) is 11.1. The van der Waals surface area contributed by atoms with E-state index in [0.717, 1.165) is 18.7 Å². The largest absolute Gasteiger partial charge is 0.303 e. The molecule has 0 bridgehead atoms. The van der Waals surface area contributed by atoms with Crippen molar-refractivity contribution in [2.24, 2.45) is 0 Å². The summed E-state index contributed by atoms with van der Waals surface area (Å²) in [5.41, 5.74) is 2.98. The average molecular weight is 253 g/mol. The molecule has 2 aromatic rings. The summed E-state index contributed by atoms with van der Waals surface area (Å²) in [4.78, 5) is 9.86. The standard InChI is InChI=1S/C11H15N3S2/c1-3-10(11-14-8(2)6-15-11)13-5-9-4-12-7-16-9/h4,6-7,10,13H,3,5H2,1-2H3. The first kappa shape index (κ1) is 11.7. The predicted octanol–water partition coefficient (Wildman–Crippen LogP) is 3.15. The molecule has 2 rings (SSSR count). The van der Waals surface area contributed by atoms with E-state index in [1.165, 1.54) is 9.88 Å². The van der Waals surface area contributed by atoms with Crippen molar-refractivity contribution < 1.29 is 0 Å². The second kappa shape index (κ2) is 5.52. The van der Waals surface area contributed by atoms with Crippen molar-refractivity contribution in [3.8, 4) is 0 Å². The molecule has 0 amide bonds. The molecule has 0 fully saturated rings. The highest BCUT2D eigenvalue weighted by Gasteiger charge is 2.12. The van der Waals surface area contributed by atoms with Gasteiger partial charge in [0.25, 0.3) is 0 Å². The Kier molecular flexibility index (Phi) is 4.04. The van der Waals surface area contributed by atoms with Crippen LogP contribution in [0.15, 0.2) is 17.1 Å². The van der Waals surface area contributed by atoms with Crippen molar-refractivity contribution in [3.63, 3.8) is 0 Å². The van der Waals surface area contributed by atoms with Gasteiger partial charge < -0.3 is 5.32 Å². The number of rotatable bonds is 5. The van der Waals surface area contributed by atoms with Crippen LogP contribution in [0.5, 0.6) is 0 Å². The Bertz CT molecular complexity index is 422. The fraction of sp³-hybridized carbons (Fsp3) is 0.455. The maximum Gasteiger partial charge on any atom is 0.110 e. The third kappa shape index (κ3) is 2.87. The first-order chi connectivity index (χ1) is 7.79. The average Bonchev–Trinajstić information content (AvgIpc) is 2.91. The molecular formula is C11H15N3S2. The van der Waals surface area contributed by atoms with Crippen molar-refractivity contribution in [2.45, 2.75) is 32.9 Å². The topological polar surface area (TPSA) is 37.8 Å². The third-order valence-corrected chi connectivity index (χ3v) is 4.21. The normalized spacial score (nSPS) is 12.9. The van der Waals surface area contributed by atoms with E-state index < -0.39 is 0 Å². The number of hydrogen-bond donors (Lipinski definition) is 1. The summed E-state index contributed by atoms with van der Waals surface area (Å²) >= 11 is 3.42. The molecule has 86 valence electrons. The van der Waals surface area contributed by atoms with Crippen LogP contribution in [0.25, 0.3) is 0 Å². The minimum atomic E-state index is 0.362. The van der Waals surface area contributed by atoms with E-state index in [1.54, 1.807) is 22.7 Å². The van der Waals surface area contributed by atoms with Gasteiger partial charge in [-0.3, -0.25) is 4.98 Å². The first-order valence-corrected chi connectivity index (χ1v) is 7.08. The fourth-order valence-electron chi connectivity index (χ4n) is 1.49. The second-order valence-electron chi connectivity index (χ2n) is 3.64. The molecule has 0 aromatic carbocycles. The SMILES string of the molecule is CCC(NCc1cncs1)c1nc(C)cs1. The fourth-order valence-corrected chi connectivity index (χ4v) is 2.99. The maximum absolute atomic E-state index is 4.53. The zero-order valence-electron chi connectivity index (χ0n) is 9.43. The van der Waals surface area contributed by atoms with E-state index in [1.807, 2.05) is 18.6 Å². The number of aryl methyl sites for hydroxylation is 1. The molecule has 0 aliphatic heterocycles. The zero-order chi connectivity index (χ0) is 11.4. The molecule has 3 nitrogen and oxygen atoms in total. The van der Waals surface area contributed by atoms with Crippen LogP contribution in [0, 0.1) is 6.92 Å². The molecule has 2 aromatic heterocycles. The molecule has 16 heavy (non-hydrogen) atoms. The molecule has 1 unspecified atom stereocenters. The van der Waals surface area contributed by atoms with Crippen LogP contribution in [-0.4, -0.2) is 9.97 Å². The van der Waals surface area contributed by atoms with Crippen molar-refractivity contribution in [1.29, 1.82) is 0 Å². The van der Waals surface area contributed by atoms with Gasteiger partial charge in [-0.25, -0.2) is 4.98 Å². The number of nitrogens with zero attached hydrogens (tertiary/aromatic N) is 2. The summed E-state index contributed by atoms with van der Waals surface area (Å²) in [5, 5.41) is 6.81. The summed E-state index contributed by atoms with van der Waals surface area (Å²) in [7, 11) is 0. The van der Waals surface area contributed by atoms with Crippen molar-refractivity contribution in [3.05, 3.63) is 32.7 Å². The lowest BCUT2D eigenvalue weighted by molar-refractivity contribution is 0.518. The second-order valence-corrected chi connectivity index (χ2v) is 5.50.